The average Bonchev–Trinajstić information content (AvgIpc) is 2.04. The number of rotatable bonds is 7. The van der Waals surface area contributed by atoms with Crippen molar-refractivity contribution in [1.82, 2.24) is 10.5 Å². The third-order valence-electron chi connectivity index (χ3n) is 1.83. The van der Waals surface area contributed by atoms with E-state index in [0.717, 1.165) is 13.0 Å². The van der Waals surface area contributed by atoms with Crippen LogP contribution in [0.2, 0.25) is 0 Å². The lowest BCUT2D eigenvalue weighted by atomic mass is 10.2. The SMILES string of the molecule is CCCCCNC(CC)N(O)O. The summed E-state index contributed by atoms with van der Waals surface area (Å²) in [5, 5.41) is 20.7. The highest BCUT2D eigenvalue weighted by Crippen LogP contribution is 1.96. The summed E-state index contributed by atoms with van der Waals surface area (Å²) in [5.41, 5.74) is 0. The van der Waals surface area contributed by atoms with E-state index in [-0.39, 0.29) is 11.4 Å². The van der Waals surface area contributed by atoms with E-state index in [2.05, 4.69) is 12.2 Å². The number of hydrogen-bond acceptors (Lipinski definition) is 4. The summed E-state index contributed by atoms with van der Waals surface area (Å²) in [6, 6.07) is 0. The first-order valence-electron chi connectivity index (χ1n) is 4.62. The van der Waals surface area contributed by atoms with Crippen molar-refractivity contribution in [1.29, 1.82) is 0 Å². The minimum absolute atomic E-state index is 0.242. The lowest BCUT2D eigenvalue weighted by Crippen LogP contribution is -2.41. The third kappa shape index (κ3) is 5.49. The Morgan fingerprint density at radius 1 is 1.25 bits per heavy atom. The van der Waals surface area contributed by atoms with E-state index in [9.17, 15) is 0 Å². The van der Waals surface area contributed by atoms with Crippen LogP contribution in [-0.2, 0) is 0 Å². The second kappa shape index (κ2) is 7.49. The molecule has 0 saturated heterocycles. The molecule has 0 radical (unpaired) electrons. The molecule has 0 aliphatic heterocycles. The highest BCUT2D eigenvalue weighted by Gasteiger charge is 2.09. The van der Waals surface area contributed by atoms with Gasteiger partial charge >= 0.3 is 0 Å². The molecule has 4 heteroatoms. The Labute approximate surface area is 74.1 Å². The van der Waals surface area contributed by atoms with Crippen LogP contribution in [0.15, 0.2) is 0 Å². The Morgan fingerprint density at radius 2 is 1.92 bits per heavy atom. The van der Waals surface area contributed by atoms with Crippen molar-refractivity contribution in [2.75, 3.05) is 6.54 Å². The normalized spacial score (nSPS) is 13.8. The zero-order valence-corrected chi connectivity index (χ0v) is 7.95. The fourth-order valence-corrected chi connectivity index (χ4v) is 1.03. The minimum atomic E-state index is -0.332. The summed E-state index contributed by atoms with van der Waals surface area (Å²) in [7, 11) is 0. The van der Waals surface area contributed by atoms with Crippen molar-refractivity contribution in [2.45, 2.75) is 45.7 Å². The van der Waals surface area contributed by atoms with Crippen LogP contribution in [0.5, 0.6) is 0 Å². The quantitative estimate of drug-likeness (QED) is 0.313. The predicted octanol–water partition coefficient (Wildman–Crippen LogP) is 1.58. The molecule has 0 fully saturated rings. The summed E-state index contributed by atoms with van der Waals surface area (Å²) in [4.78, 5) is 0. The van der Waals surface area contributed by atoms with Crippen LogP contribution in [0.1, 0.15) is 39.5 Å². The summed E-state index contributed by atoms with van der Waals surface area (Å²) in [5.74, 6) is 0. The molecule has 74 valence electrons. The van der Waals surface area contributed by atoms with E-state index in [0.29, 0.717) is 6.42 Å². The Kier molecular flexibility index (Phi) is 7.39. The van der Waals surface area contributed by atoms with E-state index in [1.54, 1.807) is 0 Å². The highest BCUT2D eigenvalue weighted by atomic mass is 16.8. The molecule has 1 unspecified atom stereocenters. The Morgan fingerprint density at radius 3 is 2.33 bits per heavy atom. The van der Waals surface area contributed by atoms with Crippen LogP contribution < -0.4 is 5.32 Å². The molecule has 0 heterocycles. The van der Waals surface area contributed by atoms with Crippen LogP contribution in [0, 0.1) is 0 Å². The molecule has 12 heavy (non-hydrogen) atoms. The maximum absolute atomic E-state index is 8.70. The predicted molar refractivity (Wildman–Crippen MR) is 47.0 cm³/mol. The first kappa shape index (κ1) is 11.8. The van der Waals surface area contributed by atoms with E-state index < -0.39 is 0 Å². The molecule has 0 rings (SSSR count). The molecule has 0 saturated carbocycles. The van der Waals surface area contributed by atoms with Gasteiger partial charge in [-0.25, -0.2) is 0 Å². The molecular formula is C8H20N2O2. The molecule has 0 aromatic heterocycles. The van der Waals surface area contributed by atoms with Crippen LogP contribution in [-0.4, -0.2) is 28.4 Å². The van der Waals surface area contributed by atoms with E-state index >= 15 is 0 Å². The first-order valence-corrected chi connectivity index (χ1v) is 4.62. The van der Waals surface area contributed by atoms with Gasteiger partial charge in [0.2, 0.25) is 0 Å². The van der Waals surface area contributed by atoms with Crippen LogP contribution in [0.25, 0.3) is 0 Å². The largest absolute Gasteiger partial charge is 0.298 e. The summed E-state index contributed by atoms with van der Waals surface area (Å²) in [6.45, 7) is 4.88. The highest BCUT2D eigenvalue weighted by molar-refractivity contribution is 4.55. The fourth-order valence-electron chi connectivity index (χ4n) is 1.03. The van der Waals surface area contributed by atoms with Gasteiger partial charge in [-0.2, -0.15) is 0 Å². The van der Waals surface area contributed by atoms with Crippen molar-refractivity contribution >= 4 is 0 Å². The lowest BCUT2D eigenvalue weighted by Gasteiger charge is -2.19. The zero-order valence-electron chi connectivity index (χ0n) is 7.95. The van der Waals surface area contributed by atoms with Crippen molar-refractivity contribution in [3.8, 4) is 0 Å². The second-order valence-corrected chi connectivity index (χ2v) is 2.91. The molecule has 0 bridgehead atoms. The zero-order chi connectivity index (χ0) is 9.40. The number of unbranched alkanes of at least 4 members (excludes halogenated alkanes) is 2. The maximum Gasteiger partial charge on any atom is 0.111 e. The number of hydroxylamine groups is 2. The van der Waals surface area contributed by atoms with Crippen molar-refractivity contribution in [3.63, 3.8) is 0 Å². The average molecular weight is 176 g/mol. The van der Waals surface area contributed by atoms with Gasteiger partial charge in [-0.3, -0.25) is 15.7 Å². The fraction of sp³-hybridized carbons (Fsp3) is 1.00. The van der Waals surface area contributed by atoms with Gasteiger partial charge in [0.25, 0.3) is 0 Å². The van der Waals surface area contributed by atoms with Crippen LogP contribution in [0.4, 0.5) is 0 Å². The van der Waals surface area contributed by atoms with Crippen molar-refractivity contribution in [3.05, 3.63) is 0 Å². The summed E-state index contributed by atoms with van der Waals surface area (Å²) < 4.78 is 0. The molecule has 4 nitrogen and oxygen atoms in total. The van der Waals surface area contributed by atoms with Gasteiger partial charge in [-0.15, -0.1) is 0 Å². The number of nitrogens with one attached hydrogen (secondary N) is 1. The molecule has 0 aromatic rings. The van der Waals surface area contributed by atoms with Gasteiger partial charge < -0.3 is 0 Å². The van der Waals surface area contributed by atoms with E-state index in [1.165, 1.54) is 12.8 Å². The molecule has 0 aliphatic rings. The summed E-state index contributed by atoms with van der Waals surface area (Å²) in [6.07, 6.45) is 3.79. The summed E-state index contributed by atoms with van der Waals surface area (Å²) >= 11 is 0. The Bertz CT molecular complexity index is 99.1. The minimum Gasteiger partial charge on any atom is -0.298 e. The Hall–Kier alpha value is -0.160. The lowest BCUT2D eigenvalue weighted by molar-refractivity contribution is -0.337. The molecule has 0 spiro atoms. The van der Waals surface area contributed by atoms with Crippen molar-refractivity contribution < 1.29 is 10.4 Å². The number of nitrogens with zero attached hydrogens (tertiary/aromatic N) is 1. The van der Waals surface area contributed by atoms with Gasteiger partial charge in [-0.05, 0) is 19.4 Å². The van der Waals surface area contributed by atoms with Crippen LogP contribution >= 0.6 is 0 Å². The maximum atomic E-state index is 8.70. The topological polar surface area (TPSA) is 55.7 Å². The van der Waals surface area contributed by atoms with Gasteiger partial charge in [0.1, 0.15) is 6.17 Å². The van der Waals surface area contributed by atoms with E-state index in [1.807, 2.05) is 6.92 Å². The molecular weight excluding hydrogens is 156 g/mol. The van der Waals surface area contributed by atoms with Gasteiger partial charge in [-0.1, -0.05) is 31.9 Å². The monoisotopic (exact) mass is 176 g/mol. The van der Waals surface area contributed by atoms with Gasteiger partial charge in [0.15, 0.2) is 0 Å². The van der Waals surface area contributed by atoms with Gasteiger partial charge in [0, 0.05) is 0 Å². The second-order valence-electron chi connectivity index (χ2n) is 2.91. The molecule has 0 aromatic carbocycles. The third-order valence-corrected chi connectivity index (χ3v) is 1.83. The van der Waals surface area contributed by atoms with Crippen LogP contribution in [0.3, 0.4) is 0 Å². The van der Waals surface area contributed by atoms with Gasteiger partial charge in [0.05, 0.1) is 0 Å². The smallest absolute Gasteiger partial charge is 0.111 e. The molecule has 0 aliphatic carbocycles. The van der Waals surface area contributed by atoms with E-state index in [4.69, 9.17) is 10.4 Å². The number of hydrogen-bond donors (Lipinski definition) is 3. The standard InChI is InChI=1S/C8H20N2O2/c1-3-5-6-7-9-8(4-2)10(11)12/h8-9,11-12H,3-7H2,1-2H3. The van der Waals surface area contributed by atoms with Crippen molar-refractivity contribution in [2.24, 2.45) is 0 Å². The Balaban J connectivity index is 3.32. The first-order chi connectivity index (χ1) is 5.72. The molecule has 1 atom stereocenters. The molecule has 0 amide bonds. The molecule has 3 N–H and O–H groups in total.